The Bertz CT molecular complexity index is 304. The molecule has 4 heteroatoms. The minimum atomic E-state index is -0.514. The van der Waals surface area contributed by atoms with Gasteiger partial charge in [-0.2, -0.15) is 5.10 Å². The number of aryl methyl sites for hydroxylation is 1. The summed E-state index contributed by atoms with van der Waals surface area (Å²) in [7, 11) is 1.60. The lowest BCUT2D eigenvalue weighted by Crippen LogP contribution is -1.97. The van der Waals surface area contributed by atoms with Gasteiger partial charge in [0, 0.05) is 14.0 Å². The highest BCUT2D eigenvalue weighted by Gasteiger charge is 2.15. The first-order chi connectivity index (χ1) is 5.04. The molecule has 1 aromatic heterocycles. The number of nitrogens with zero attached hydrogens (tertiary/aromatic N) is 2. The zero-order chi connectivity index (χ0) is 8.59. The van der Waals surface area contributed by atoms with Gasteiger partial charge in [0.15, 0.2) is 17.3 Å². The van der Waals surface area contributed by atoms with Crippen LogP contribution in [0.4, 0.5) is 4.39 Å². The number of carbonyl (C=O) groups is 1. The molecule has 0 spiro atoms. The fourth-order valence-electron chi connectivity index (χ4n) is 0.807. The summed E-state index contributed by atoms with van der Waals surface area (Å²) in [6.45, 7) is 2.87. The van der Waals surface area contributed by atoms with Gasteiger partial charge in [-0.15, -0.1) is 0 Å². The van der Waals surface area contributed by atoms with E-state index in [0.29, 0.717) is 5.69 Å². The Hall–Kier alpha value is -1.19. The maximum atomic E-state index is 13.0. The van der Waals surface area contributed by atoms with Crippen LogP contribution in [0.2, 0.25) is 0 Å². The van der Waals surface area contributed by atoms with Gasteiger partial charge in [0.25, 0.3) is 0 Å². The molecule has 0 saturated carbocycles. The maximum Gasteiger partial charge on any atom is 0.183 e. The van der Waals surface area contributed by atoms with Gasteiger partial charge in [0.05, 0.1) is 5.69 Å². The highest BCUT2D eigenvalue weighted by molar-refractivity contribution is 5.92. The Morgan fingerprint density at radius 3 is 2.36 bits per heavy atom. The van der Waals surface area contributed by atoms with Crippen molar-refractivity contribution < 1.29 is 9.18 Å². The number of Topliss-reactive ketones (excluding diaryl/α,β-unsaturated/α-hetero) is 1. The van der Waals surface area contributed by atoms with Crippen LogP contribution in [0, 0.1) is 12.7 Å². The third-order valence-electron chi connectivity index (χ3n) is 1.59. The molecule has 60 valence electrons. The number of rotatable bonds is 1. The molecule has 0 radical (unpaired) electrons. The highest BCUT2D eigenvalue weighted by Crippen LogP contribution is 2.09. The molecule has 0 fully saturated rings. The van der Waals surface area contributed by atoms with E-state index in [1.165, 1.54) is 11.6 Å². The van der Waals surface area contributed by atoms with Crippen molar-refractivity contribution in [2.45, 2.75) is 13.8 Å². The summed E-state index contributed by atoms with van der Waals surface area (Å²) in [5.41, 5.74) is 0.306. The van der Waals surface area contributed by atoms with Gasteiger partial charge < -0.3 is 0 Å². The Balaban J connectivity index is 3.29. The molecule has 1 rings (SSSR count). The van der Waals surface area contributed by atoms with E-state index in [4.69, 9.17) is 0 Å². The molecule has 0 aliphatic rings. The SMILES string of the molecule is CC(=O)c1nn(C)c(C)c1F. The Kier molecular flexibility index (Phi) is 1.76. The summed E-state index contributed by atoms with van der Waals surface area (Å²) in [4.78, 5) is 10.7. The lowest BCUT2D eigenvalue weighted by molar-refractivity contribution is 0.100. The summed E-state index contributed by atoms with van der Waals surface area (Å²) >= 11 is 0. The zero-order valence-corrected chi connectivity index (χ0v) is 6.68. The van der Waals surface area contributed by atoms with Crippen LogP contribution in [-0.4, -0.2) is 15.6 Å². The van der Waals surface area contributed by atoms with Crippen molar-refractivity contribution in [2.24, 2.45) is 7.05 Å². The molecular weight excluding hydrogens is 147 g/mol. The van der Waals surface area contributed by atoms with Crippen molar-refractivity contribution >= 4 is 5.78 Å². The molecule has 1 heterocycles. The van der Waals surface area contributed by atoms with Crippen LogP contribution in [0.1, 0.15) is 23.1 Å². The van der Waals surface area contributed by atoms with Crippen LogP contribution in [0.5, 0.6) is 0 Å². The van der Waals surface area contributed by atoms with Gasteiger partial charge >= 0.3 is 0 Å². The second kappa shape index (κ2) is 2.45. The van der Waals surface area contributed by atoms with Crippen molar-refractivity contribution in [3.63, 3.8) is 0 Å². The van der Waals surface area contributed by atoms with Crippen molar-refractivity contribution in [1.29, 1.82) is 0 Å². The monoisotopic (exact) mass is 156 g/mol. The smallest absolute Gasteiger partial charge is 0.183 e. The summed E-state index contributed by atoms with van der Waals surface area (Å²) < 4.78 is 14.3. The standard InChI is InChI=1S/C7H9FN2O/c1-4-6(8)7(5(2)11)9-10(4)3/h1-3H3. The number of aromatic nitrogens is 2. The molecule has 11 heavy (non-hydrogen) atoms. The van der Waals surface area contributed by atoms with Crippen molar-refractivity contribution in [1.82, 2.24) is 9.78 Å². The largest absolute Gasteiger partial charge is 0.293 e. The lowest BCUT2D eigenvalue weighted by atomic mass is 10.3. The van der Waals surface area contributed by atoms with Crippen LogP contribution < -0.4 is 0 Å². The minimum absolute atomic E-state index is 0.0787. The minimum Gasteiger partial charge on any atom is -0.293 e. The van der Waals surface area contributed by atoms with E-state index in [1.54, 1.807) is 14.0 Å². The second-order valence-electron chi connectivity index (χ2n) is 2.43. The first-order valence-corrected chi connectivity index (χ1v) is 3.24. The average Bonchev–Trinajstić information content (AvgIpc) is 2.17. The zero-order valence-electron chi connectivity index (χ0n) is 6.68. The van der Waals surface area contributed by atoms with Gasteiger partial charge in [-0.25, -0.2) is 4.39 Å². The van der Waals surface area contributed by atoms with E-state index in [2.05, 4.69) is 5.10 Å². The Labute approximate surface area is 63.8 Å². The fraction of sp³-hybridized carbons (Fsp3) is 0.429. The van der Waals surface area contributed by atoms with E-state index < -0.39 is 5.82 Å². The normalized spacial score (nSPS) is 10.2. The van der Waals surface area contributed by atoms with Gasteiger partial charge in [0.2, 0.25) is 0 Å². The van der Waals surface area contributed by atoms with Gasteiger partial charge in [-0.05, 0) is 6.92 Å². The lowest BCUT2D eigenvalue weighted by Gasteiger charge is -1.88. The number of halogens is 1. The second-order valence-corrected chi connectivity index (χ2v) is 2.43. The first kappa shape index (κ1) is 7.91. The number of hydrogen-bond donors (Lipinski definition) is 0. The van der Waals surface area contributed by atoms with Crippen LogP contribution in [-0.2, 0) is 7.05 Å². The summed E-state index contributed by atoms with van der Waals surface area (Å²) in [5, 5.41) is 3.70. The molecule has 3 nitrogen and oxygen atoms in total. The molecule has 0 amide bonds. The number of carbonyl (C=O) groups excluding carboxylic acids is 1. The molecule has 0 atom stereocenters. The summed E-state index contributed by atoms with van der Waals surface area (Å²) in [6.07, 6.45) is 0. The van der Waals surface area contributed by atoms with Crippen molar-refractivity contribution in [3.05, 3.63) is 17.2 Å². The molecule has 0 aromatic carbocycles. The van der Waals surface area contributed by atoms with E-state index in [1.807, 2.05) is 0 Å². The van der Waals surface area contributed by atoms with Crippen LogP contribution in [0.25, 0.3) is 0 Å². The fourth-order valence-corrected chi connectivity index (χ4v) is 0.807. The van der Waals surface area contributed by atoms with Crippen molar-refractivity contribution in [2.75, 3.05) is 0 Å². The molecule has 0 aliphatic heterocycles. The molecule has 1 aromatic rings. The van der Waals surface area contributed by atoms with Crippen LogP contribution in [0.3, 0.4) is 0 Å². The average molecular weight is 156 g/mol. The van der Waals surface area contributed by atoms with Gasteiger partial charge in [-0.3, -0.25) is 9.48 Å². The van der Waals surface area contributed by atoms with Crippen LogP contribution >= 0.6 is 0 Å². The number of ketones is 1. The van der Waals surface area contributed by atoms with E-state index >= 15 is 0 Å². The van der Waals surface area contributed by atoms with Crippen molar-refractivity contribution in [3.8, 4) is 0 Å². The first-order valence-electron chi connectivity index (χ1n) is 3.24. The third-order valence-corrected chi connectivity index (χ3v) is 1.59. The Morgan fingerprint density at radius 1 is 1.64 bits per heavy atom. The van der Waals surface area contributed by atoms with E-state index in [9.17, 15) is 9.18 Å². The van der Waals surface area contributed by atoms with E-state index in [-0.39, 0.29) is 11.5 Å². The Morgan fingerprint density at radius 2 is 2.18 bits per heavy atom. The van der Waals surface area contributed by atoms with E-state index in [0.717, 1.165) is 0 Å². The molecule has 0 unspecified atom stereocenters. The molecule has 0 N–H and O–H groups in total. The topological polar surface area (TPSA) is 34.9 Å². The molecule has 0 aliphatic carbocycles. The summed E-state index contributed by atoms with van der Waals surface area (Å²) in [5.74, 6) is -0.855. The predicted octanol–water partition coefficient (Wildman–Crippen LogP) is 1.07. The molecule has 0 bridgehead atoms. The molecule has 0 saturated heterocycles. The van der Waals surface area contributed by atoms with Crippen LogP contribution in [0.15, 0.2) is 0 Å². The highest BCUT2D eigenvalue weighted by atomic mass is 19.1. The predicted molar refractivity (Wildman–Crippen MR) is 37.9 cm³/mol. The van der Waals surface area contributed by atoms with Gasteiger partial charge in [0.1, 0.15) is 0 Å². The van der Waals surface area contributed by atoms with Gasteiger partial charge in [-0.1, -0.05) is 0 Å². The number of hydrogen-bond acceptors (Lipinski definition) is 2. The summed E-state index contributed by atoms with van der Waals surface area (Å²) in [6, 6.07) is 0. The molecular formula is C7H9FN2O. The quantitative estimate of drug-likeness (QED) is 0.570. The maximum absolute atomic E-state index is 13.0. The third kappa shape index (κ3) is 1.15.